The van der Waals surface area contributed by atoms with Crippen LogP contribution in [-0.4, -0.2) is 70.5 Å². The Morgan fingerprint density at radius 1 is 1.14 bits per heavy atom. The Morgan fingerprint density at radius 3 is 2.52 bits per heavy atom. The molecule has 2 aromatic carbocycles. The van der Waals surface area contributed by atoms with Gasteiger partial charge in [-0.15, -0.1) is 11.3 Å². The van der Waals surface area contributed by atoms with E-state index in [1.807, 2.05) is 4.90 Å². The SMILES string of the molecule is Cc1ccc2sc(C(C)N3CCN(C(=O)CO[C@H]4CC[C@H](Nc5ccc([N+](=O)[O-])c(C(F)(F)F)c5)CC4)CC3)nc2c1. The second-order valence-corrected chi connectivity index (χ2v) is 12.1. The number of amides is 1. The van der Waals surface area contributed by atoms with Crippen molar-refractivity contribution >= 4 is 38.8 Å². The predicted molar refractivity (Wildman–Crippen MR) is 155 cm³/mol. The van der Waals surface area contributed by atoms with Crippen LogP contribution in [0.25, 0.3) is 10.2 Å². The Hall–Kier alpha value is -3.29. The van der Waals surface area contributed by atoms with E-state index < -0.39 is 22.4 Å². The molecule has 3 aromatic rings. The molecule has 1 aliphatic heterocycles. The lowest BCUT2D eigenvalue weighted by Gasteiger charge is -2.37. The van der Waals surface area contributed by atoms with Crippen molar-refractivity contribution in [3.05, 3.63) is 62.6 Å². The lowest BCUT2D eigenvalue weighted by molar-refractivity contribution is -0.388. The van der Waals surface area contributed by atoms with Gasteiger partial charge >= 0.3 is 6.18 Å². The molecule has 1 aliphatic carbocycles. The summed E-state index contributed by atoms with van der Waals surface area (Å²) in [6.07, 6.45) is -2.29. The van der Waals surface area contributed by atoms with E-state index in [0.717, 1.165) is 35.7 Å². The van der Waals surface area contributed by atoms with Crippen LogP contribution in [0.15, 0.2) is 36.4 Å². The first-order valence-electron chi connectivity index (χ1n) is 14.1. The summed E-state index contributed by atoms with van der Waals surface area (Å²) in [6, 6.07) is 9.38. The third-order valence-corrected chi connectivity index (χ3v) is 9.32. The fourth-order valence-corrected chi connectivity index (χ4v) is 6.68. The number of aryl methyl sites for hydroxylation is 1. The highest BCUT2D eigenvalue weighted by Gasteiger charge is 2.38. The maximum Gasteiger partial charge on any atom is 0.423 e. The Bertz CT molecular complexity index is 1430. The van der Waals surface area contributed by atoms with Crippen LogP contribution in [0.1, 0.15) is 54.8 Å². The molecule has 5 rings (SSSR count). The molecule has 1 saturated heterocycles. The van der Waals surface area contributed by atoms with E-state index in [1.165, 1.54) is 16.3 Å². The minimum Gasteiger partial charge on any atom is -0.382 e. The fourth-order valence-electron chi connectivity index (χ4n) is 5.65. The van der Waals surface area contributed by atoms with E-state index in [0.29, 0.717) is 38.8 Å². The molecule has 2 fully saturated rings. The molecule has 1 amide bonds. The maximum atomic E-state index is 13.3. The molecule has 0 radical (unpaired) electrons. The number of hydrogen-bond acceptors (Lipinski definition) is 8. The number of thiazole rings is 1. The number of piperazine rings is 1. The molecule has 2 aliphatic rings. The van der Waals surface area contributed by atoms with Crippen LogP contribution in [0.5, 0.6) is 0 Å². The average Bonchev–Trinajstić information content (AvgIpc) is 3.39. The summed E-state index contributed by atoms with van der Waals surface area (Å²) >= 11 is 1.71. The zero-order valence-electron chi connectivity index (χ0n) is 23.5. The lowest BCUT2D eigenvalue weighted by Crippen LogP contribution is -2.50. The second-order valence-electron chi connectivity index (χ2n) is 11.0. The smallest absolute Gasteiger partial charge is 0.382 e. The van der Waals surface area contributed by atoms with Gasteiger partial charge in [0.15, 0.2) is 0 Å². The summed E-state index contributed by atoms with van der Waals surface area (Å²) in [4.78, 5) is 31.8. The molecule has 1 saturated carbocycles. The van der Waals surface area contributed by atoms with Crippen LogP contribution in [0.3, 0.4) is 0 Å². The Morgan fingerprint density at radius 2 is 1.86 bits per heavy atom. The first kappa shape index (κ1) is 30.2. The van der Waals surface area contributed by atoms with Crippen LogP contribution < -0.4 is 5.32 Å². The molecule has 0 bridgehead atoms. The molecular formula is C29H34F3N5O4S. The van der Waals surface area contributed by atoms with E-state index >= 15 is 0 Å². The minimum absolute atomic E-state index is 0.00678. The molecule has 9 nitrogen and oxygen atoms in total. The molecule has 2 heterocycles. The fraction of sp³-hybridized carbons (Fsp3) is 0.517. The van der Waals surface area contributed by atoms with Crippen molar-refractivity contribution in [2.75, 3.05) is 38.1 Å². The van der Waals surface area contributed by atoms with Gasteiger partial charge in [0, 0.05) is 44.0 Å². The zero-order chi connectivity index (χ0) is 30.0. The predicted octanol–water partition coefficient (Wildman–Crippen LogP) is 6.18. The van der Waals surface area contributed by atoms with Crippen molar-refractivity contribution in [3.63, 3.8) is 0 Å². The van der Waals surface area contributed by atoms with Crippen molar-refractivity contribution in [1.29, 1.82) is 0 Å². The average molecular weight is 606 g/mol. The third kappa shape index (κ3) is 7.01. The van der Waals surface area contributed by atoms with E-state index in [2.05, 4.69) is 42.3 Å². The summed E-state index contributed by atoms with van der Waals surface area (Å²) in [6.45, 7) is 7.01. The van der Waals surface area contributed by atoms with Gasteiger partial charge in [0.25, 0.3) is 5.69 Å². The Kier molecular flexibility index (Phi) is 9.00. The third-order valence-electron chi connectivity index (χ3n) is 8.12. The van der Waals surface area contributed by atoms with Crippen LogP contribution in [0.2, 0.25) is 0 Å². The number of nitro groups is 1. The van der Waals surface area contributed by atoms with Crippen molar-refractivity contribution in [2.45, 2.75) is 63.9 Å². The van der Waals surface area contributed by atoms with Gasteiger partial charge < -0.3 is 15.0 Å². The van der Waals surface area contributed by atoms with Gasteiger partial charge in [0.05, 0.1) is 27.3 Å². The van der Waals surface area contributed by atoms with E-state index in [4.69, 9.17) is 9.72 Å². The summed E-state index contributed by atoms with van der Waals surface area (Å²) < 4.78 is 47.0. The lowest BCUT2D eigenvalue weighted by atomic mass is 9.92. The van der Waals surface area contributed by atoms with Crippen molar-refractivity contribution in [2.24, 2.45) is 0 Å². The second kappa shape index (κ2) is 12.5. The van der Waals surface area contributed by atoms with Crippen LogP contribution in [0.4, 0.5) is 24.5 Å². The normalized spacial score (nSPS) is 20.9. The maximum absolute atomic E-state index is 13.3. The molecule has 42 heavy (non-hydrogen) atoms. The molecule has 0 spiro atoms. The van der Waals surface area contributed by atoms with Gasteiger partial charge in [0.2, 0.25) is 5.91 Å². The van der Waals surface area contributed by atoms with Gasteiger partial charge in [-0.1, -0.05) is 6.07 Å². The van der Waals surface area contributed by atoms with Gasteiger partial charge in [0.1, 0.15) is 17.2 Å². The monoisotopic (exact) mass is 605 g/mol. The molecule has 13 heteroatoms. The standard InChI is InChI=1S/C29H34F3N5O4S/c1-18-3-10-26-24(15-18)34-28(42-26)19(2)35-11-13-36(14-12-35)27(38)17-41-22-7-4-20(5-8-22)33-21-6-9-25(37(39)40)23(16-21)29(30,31)32/h3,6,9-10,15-16,19-20,22,33H,4-5,7-8,11-14,17H2,1-2H3/t19?,20-,22-. The first-order chi connectivity index (χ1) is 20.0. The molecule has 1 aromatic heterocycles. The number of carbonyl (C=O) groups is 1. The molecular weight excluding hydrogens is 571 g/mol. The number of alkyl halides is 3. The van der Waals surface area contributed by atoms with E-state index in [1.54, 1.807) is 11.3 Å². The van der Waals surface area contributed by atoms with E-state index in [9.17, 15) is 28.1 Å². The minimum atomic E-state index is -4.82. The molecule has 1 unspecified atom stereocenters. The van der Waals surface area contributed by atoms with Crippen LogP contribution >= 0.6 is 11.3 Å². The Balaban J connectivity index is 1.04. The highest BCUT2D eigenvalue weighted by atomic mass is 32.1. The highest BCUT2D eigenvalue weighted by Crippen LogP contribution is 2.38. The zero-order valence-corrected chi connectivity index (χ0v) is 24.3. The summed E-state index contributed by atoms with van der Waals surface area (Å²) in [7, 11) is 0. The van der Waals surface area contributed by atoms with Gasteiger partial charge in [-0.3, -0.25) is 19.8 Å². The number of ether oxygens (including phenoxy) is 1. The number of nitrogens with zero attached hydrogens (tertiary/aromatic N) is 4. The van der Waals surface area contributed by atoms with Gasteiger partial charge in [-0.25, -0.2) is 4.98 Å². The number of aromatic nitrogens is 1. The van der Waals surface area contributed by atoms with Gasteiger partial charge in [-0.05, 0) is 69.4 Å². The number of anilines is 1. The number of nitro benzene ring substituents is 1. The van der Waals surface area contributed by atoms with E-state index in [-0.39, 0.29) is 36.4 Å². The number of benzene rings is 2. The molecule has 1 N–H and O–H groups in total. The molecule has 1 atom stereocenters. The summed E-state index contributed by atoms with van der Waals surface area (Å²) in [5.41, 5.74) is 0.180. The summed E-state index contributed by atoms with van der Waals surface area (Å²) in [5.74, 6) is -0.0384. The number of nitrogens with one attached hydrogen (secondary N) is 1. The summed E-state index contributed by atoms with van der Waals surface area (Å²) in [5, 5.41) is 15.1. The number of halogens is 3. The number of fused-ring (bicyclic) bond motifs is 1. The van der Waals surface area contributed by atoms with Crippen molar-refractivity contribution < 1.29 is 27.6 Å². The Labute approximate surface area is 245 Å². The molecule has 226 valence electrons. The first-order valence-corrected chi connectivity index (χ1v) is 14.9. The number of hydrogen-bond donors (Lipinski definition) is 1. The quantitative estimate of drug-likeness (QED) is 0.242. The van der Waals surface area contributed by atoms with Crippen LogP contribution in [-0.2, 0) is 15.7 Å². The van der Waals surface area contributed by atoms with Crippen molar-refractivity contribution in [3.8, 4) is 0 Å². The number of carbonyl (C=O) groups excluding carboxylic acids is 1. The van der Waals surface area contributed by atoms with Crippen molar-refractivity contribution in [1.82, 2.24) is 14.8 Å². The largest absolute Gasteiger partial charge is 0.423 e. The number of rotatable bonds is 8. The highest BCUT2D eigenvalue weighted by molar-refractivity contribution is 7.18. The topological polar surface area (TPSA) is 101 Å². The van der Waals surface area contributed by atoms with Gasteiger partial charge in [-0.2, -0.15) is 13.2 Å². The van der Waals surface area contributed by atoms with Crippen LogP contribution in [0, 0.1) is 17.0 Å².